The molecule has 1 aromatic rings. The van der Waals surface area contributed by atoms with E-state index in [-0.39, 0.29) is 33.3 Å². The molecule has 1 aliphatic heterocycles. The second kappa shape index (κ2) is 9.25. The number of halogens is 2. The highest BCUT2D eigenvalue weighted by atomic mass is 79.9. The molecule has 33 heavy (non-hydrogen) atoms. The number of rotatable bonds is 7. The molecule has 2 aliphatic carbocycles. The van der Waals surface area contributed by atoms with E-state index in [1.54, 1.807) is 18.2 Å². The van der Waals surface area contributed by atoms with Crippen LogP contribution >= 0.6 is 31.9 Å². The number of carbonyl (C=O) groups is 4. The number of anilines is 1. The number of amides is 3. The van der Waals surface area contributed by atoms with Crippen LogP contribution in [0.5, 0.6) is 11.5 Å². The Kier molecular flexibility index (Phi) is 6.73. The molecule has 1 aromatic carbocycles. The third-order valence-corrected chi connectivity index (χ3v) is 9.98. The molecule has 1 saturated heterocycles. The molecule has 4 rings (SSSR count). The van der Waals surface area contributed by atoms with E-state index in [1.807, 2.05) is 0 Å². The van der Waals surface area contributed by atoms with Crippen molar-refractivity contribution in [3.63, 3.8) is 0 Å². The molecule has 1 N–H and O–H groups in total. The number of hydrogen-bond acceptors (Lipinski definition) is 7. The zero-order chi connectivity index (χ0) is 24.0. The summed E-state index contributed by atoms with van der Waals surface area (Å²) in [5, 5.41) is 2.60. The van der Waals surface area contributed by atoms with Crippen LogP contribution in [0.4, 0.5) is 5.69 Å². The Hall–Kier alpha value is -2.14. The van der Waals surface area contributed by atoms with E-state index >= 15 is 0 Å². The fraction of sp³-hybridized carbons (Fsp3) is 0.545. The maximum absolute atomic E-state index is 13.1. The summed E-state index contributed by atoms with van der Waals surface area (Å²) in [5.41, 5.74) is 0.354. The minimum atomic E-state index is -1.11. The van der Waals surface area contributed by atoms with Crippen molar-refractivity contribution in [3.8, 4) is 11.5 Å². The van der Waals surface area contributed by atoms with Gasteiger partial charge in [0.05, 0.1) is 31.7 Å². The van der Waals surface area contributed by atoms with E-state index in [4.69, 9.17) is 14.2 Å². The molecule has 0 unspecified atom stereocenters. The number of likely N-dealkylation sites (tertiary alicyclic amines) is 1. The van der Waals surface area contributed by atoms with Crippen molar-refractivity contribution in [2.45, 2.75) is 29.0 Å². The van der Waals surface area contributed by atoms with Gasteiger partial charge in [0, 0.05) is 15.7 Å². The van der Waals surface area contributed by atoms with Gasteiger partial charge >= 0.3 is 5.97 Å². The second-order valence-corrected chi connectivity index (χ2v) is 10.6. The van der Waals surface area contributed by atoms with Gasteiger partial charge in [-0.05, 0) is 37.3 Å². The van der Waals surface area contributed by atoms with Gasteiger partial charge in [-0.3, -0.25) is 19.3 Å². The Balaban J connectivity index is 1.37. The Labute approximate surface area is 207 Å². The van der Waals surface area contributed by atoms with Crippen molar-refractivity contribution in [2.24, 2.45) is 23.7 Å². The lowest BCUT2D eigenvalue weighted by Crippen LogP contribution is -2.45. The second-order valence-electron chi connectivity index (χ2n) is 8.45. The van der Waals surface area contributed by atoms with Crippen molar-refractivity contribution >= 4 is 61.2 Å². The van der Waals surface area contributed by atoms with Crippen molar-refractivity contribution in [1.82, 2.24) is 4.90 Å². The Morgan fingerprint density at radius 3 is 2.24 bits per heavy atom. The molecule has 3 amide bonds. The van der Waals surface area contributed by atoms with E-state index in [0.29, 0.717) is 17.2 Å². The molecular weight excluding hydrogens is 564 g/mol. The van der Waals surface area contributed by atoms with Crippen molar-refractivity contribution in [3.05, 3.63) is 18.2 Å². The lowest BCUT2D eigenvalue weighted by Gasteiger charge is -2.28. The highest BCUT2D eigenvalue weighted by molar-refractivity contribution is 9.12. The summed E-state index contributed by atoms with van der Waals surface area (Å²) in [6.07, 6.45) is 0.805. The van der Waals surface area contributed by atoms with Crippen LogP contribution in [0.2, 0.25) is 0 Å². The number of benzene rings is 1. The van der Waals surface area contributed by atoms with Crippen LogP contribution in [0.25, 0.3) is 0 Å². The third-order valence-electron chi connectivity index (χ3n) is 6.78. The fourth-order valence-electron chi connectivity index (χ4n) is 5.21. The predicted octanol–water partition coefficient (Wildman–Crippen LogP) is 2.35. The number of imide groups is 1. The summed E-state index contributed by atoms with van der Waals surface area (Å²) in [6.45, 7) is 0.867. The van der Waals surface area contributed by atoms with Crippen LogP contribution in [0.15, 0.2) is 18.2 Å². The van der Waals surface area contributed by atoms with Crippen LogP contribution in [-0.4, -0.2) is 65.1 Å². The molecule has 2 saturated carbocycles. The molecule has 1 heterocycles. The van der Waals surface area contributed by atoms with Gasteiger partial charge in [-0.15, -0.1) is 0 Å². The quantitative estimate of drug-likeness (QED) is 0.296. The molecule has 0 radical (unpaired) electrons. The zero-order valence-electron chi connectivity index (χ0n) is 18.2. The molecule has 0 aromatic heterocycles. The topological polar surface area (TPSA) is 111 Å². The average molecular weight is 588 g/mol. The molecule has 0 spiro atoms. The Bertz CT molecular complexity index is 971. The number of alkyl halides is 2. The predicted molar refractivity (Wildman–Crippen MR) is 124 cm³/mol. The smallest absolute Gasteiger partial charge is 0.329 e. The third kappa shape index (κ3) is 4.03. The first kappa shape index (κ1) is 24.0. The number of ether oxygens (including phenoxy) is 3. The number of hydrogen-bond donors (Lipinski definition) is 1. The number of esters is 1. The molecule has 2 bridgehead atoms. The largest absolute Gasteiger partial charge is 0.497 e. The molecule has 7 atom stereocenters. The van der Waals surface area contributed by atoms with Crippen LogP contribution in [0.3, 0.4) is 0 Å². The number of nitrogens with one attached hydrogen (secondary N) is 1. The Morgan fingerprint density at radius 1 is 1.09 bits per heavy atom. The minimum Gasteiger partial charge on any atom is -0.497 e. The molecule has 178 valence electrons. The van der Waals surface area contributed by atoms with Crippen molar-refractivity contribution < 1.29 is 33.4 Å². The summed E-state index contributed by atoms with van der Waals surface area (Å²) in [4.78, 5) is 52.3. The zero-order valence-corrected chi connectivity index (χ0v) is 21.4. The van der Waals surface area contributed by atoms with E-state index in [0.717, 1.165) is 11.3 Å². The molecular formula is C22H24Br2N2O7. The molecule has 3 fully saturated rings. The van der Waals surface area contributed by atoms with Gasteiger partial charge in [0.2, 0.25) is 11.8 Å². The summed E-state index contributed by atoms with van der Waals surface area (Å²) < 4.78 is 15.5. The summed E-state index contributed by atoms with van der Waals surface area (Å²) >= 11 is 7.27. The number of nitrogens with zero attached hydrogens (tertiary/aromatic N) is 1. The van der Waals surface area contributed by atoms with Gasteiger partial charge < -0.3 is 19.5 Å². The number of fused-ring (bicyclic) bond motifs is 5. The van der Waals surface area contributed by atoms with E-state index in [2.05, 4.69) is 37.2 Å². The SMILES string of the molecule is COc1ccc(OC)c(NC(=O)COC(=O)[C@H](C)N2C(=O)[C@@H]3[C@H]4C[C@@H]([C@@H](Br)[C@H]4Br)[C@H]3C2=O)c1. The number of methoxy groups -OCH3 is 2. The first-order chi connectivity index (χ1) is 15.7. The lowest BCUT2D eigenvalue weighted by atomic mass is 9.81. The van der Waals surface area contributed by atoms with Gasteiger partial charge in [0.25, 0.3) is 5.91 Å². The standard InChI is InChI=1S/C22H24Br2N2O7/c1-9(26-20(28)16-11-7-12(17(16)21(26)29)19(24)18(11)23)22(30)33-8-15(27)25-13-6-10(31-2)4-5-14(13)32-3/h4-6,9,11-12,16-19H,7-8H2,1-3H3,(H,25,27)/t9-,11+,12+,16+,17+,18-,19+/m0/s1. The maximum Gasteiger partial charge on any atom is 0.329 e. The lowest BCUT2D eigenvalue weighted by molar-refractivity contribution is -0.159. The normalized spacial score (nSPS) is 30.8. The fourth-order valence-corrected chi connectivity index (χ4v) is 7.09. The van der Waals surface area contributed by atoms with Crippen LogP contribution in [-0.2, 0) is 23.9 Å². The van der Waals surface area contributed by atoms with E-state index in [9.17, 15) is 19.2 Å². The van der Waals surface area contributed by atoms with Gasteiger partial charge in [0.15, 0.2) is 6.61 Å². The van der Waals surface area contributed by atoms with Gasteiger partial charge in [0.1, 0.15) is 17.5 Å². The summed E-state index contributed by atoms with van der Waals surface area (Å²) in [6, 6.07) is 3.77. The highest BCUT2D eigenvalue weighted by Gasteiger charge is 2.67. The maximum atomic E-state index is 13.1. The van der Waals surface area contributed by atoms with E-state index in [1.165, 1.54) is 21.1 Å². The minimum absolute atomic E-state index is 0.0534. The first-order valence-corrected chi connectivity index (χ1v) is 12.4. The van der Waals surface area contributed by atoms with Crippen LogP contribution in [0.1, 0.15) is 13.3 Å². The molecule has 9 nitrogen and oxygen atoms in total. The molecule has 11 heteroatoms. The van der Waals surface area contributed by atoms with E-state index < -0.39 is 36.4 Å². The van der Waals surface area contributed by atoms with Gasteiger partial charge in [-0.25, -0.2) is 4.79 Å². The first-order valence-electron chi connectivity index (χ1n) is 10.5. The van der Waals surface area contributed by atoms with Gasteiger partial charge in [-0.2, -0.15) is 0 Å². The molecule has 3 aliphatic rings. The van der Waals surface area contributed by atoms with Crippen molar-refractivity contribution in [2.75, 3.05) is 26.1 Å². The number of carbonyl (C=O) groups excluding carboxylic acids is 4. The highest BCUT2D eigenvalue weighted by Crippen LogP contribution is 2.60. The van der Waals surface area contributed by atoms with Crippen LogP contribution in [0, 0.1) is 23.7 Å². The summed E-state index contributed by atoms with van der Waals surface area (Å²) in [5.74, 6) is -1.89. The monoisotopic (exact) mass is 586 g/mol. The summed E-state index contributed by atoms with van der Waals surface area (Å²) in [7, 11) is 2.95. The average Bonchev–Trinajstić information content (AvgIpc) is 3.41. The van der Waals surface area contributed by atoms with Crippen molar-refractivity contribution in [1.29, 1.82) is 0 Å². The Morgan fingerprint density at radius 2 is 1.70 bits per heavy atom. The van der Waals surface area contributed by atoms with Gasteiger partial charge in [-0.1, -0.05) is 31.9 Å². The van der Waals surface area contributed by atoms with Crippen LogP contribution < -0.4 is 14.8 Å².